The Morgan fingerprint density at radius 3 is 2.29 bits per heavy atom. The number of hydrogen-bond donors (Lipinski definition) is 1. The molecule has 0 saturated heterocycles. The van der Waals surface area contributed by atoms with E-state index in [2.05, 4.69) is 20.7 Å². The van der Waals surface area contributed by atoms with Crippen LogP contribution in [0.3, 0.4) is 0 Å². The van der Waals surface area contributed by atoms with Gasteiger partial charge < -0.3 is 5.32 Å². The molecular formula is C12H21N5. The van der Waals surface area contributed by atoms with Gasteiger partial charge in [-0.3, -0.25) is 0 Å². The van der Waals surface area contributed by atoms with Crippen LogP contribution < -0.4 is 5.32 Å². The molecule has 1 aromatic rings. The van der Waals surface area contributed by atoms with Crippen molar-refractivity contribution in [2.45, 2.75) is 51.1 Å². The Morgan fingerprint density at radius 2 is 1.88 bits per heavy atom. The number of nitrogens with zero attached hydrogens (tertiary/aromatic N) is 4. The first-order valence-corrected chi connectivity index (χ1v) is 6.79. The molecule has 94 valence electrons. The molecule has 0 bridgehead atoms. The minimum atomic E-state index is 0.696. The highest BCUT2D eigenvalue weighted by atomic mass is 15.6. The van der Waals surface area contributed by atoms with Crippen molar-refractivity contribution >= 4 is 0 Å². The lowest BCUT2D eigenvalue weighted by molar-refractivity contribution is 0.121. The van der Waals surface area contributed by atoms with E-state index in [0.29, 0.717) is 6.04 Å². The molecule has 17 heavy (non-hydrogen) atoms. The first-order valence-electron chi connectivity index (χ1n) is 6.79. The van der Waals surface area contributed by atoms with Crippen LogP contribution in [0.25, 0.3) is 0 Å². The van der Waals surface area contributed by atoms with Crippen molar-refractivity contribution in [3.8, 4) is 0 Å². The van der Waals surface area contributed by atoms with E-state index < -0.39 is 0 Å². The van der Waals surface area contributed by atoms with Gasteiger partial charge in [-0.05, 0) is 42.7 Å². The molecule has 0 aromatic carbocycles. The van der Waals surface area contributed by atoms with Gasteiger partial charge in [-0.25, -0.2) is 0 Å². The molecule has 0 amide bonds. The molecule has 5 heteroatoms. The predicted octanol–water partition coefficient (Wildman–Crippen LogP) is 1.27. The molecular weight excluding hydrogens is 214 g/mol. The fourth-order valence-corrected chi connectivity index (χ4v) is 2.92. The van der Waals surface area contributed by atoms with Crippen molar-refractivity contribution in [1.29, 1.82) is 0 Å². The van der Waals surface area contributed by atoms with Crippen LogP contribution in [-0.2, 0) is 13.6 Å². The Morgan fingerprint density at radius 1 is 1.24 bits per heavy atom. The highest BCUT2D eigenvalue weighted by Crippen LogP contribution is 2.39. The first-order chi connectivity index (χ1) is 8.33. The summed E-state index contributed by atoms with van der Waals surface area (Å²) in [6.07, 6.45) is 8.45. The van der Waals surface area contributed by atoms with Gasteiger partial charge in [-0.15, -0.1) is 10.2 Å². The number of hydrogen-bond acceptors (Lipinski definition) is 4. The topological polar surface area (TPSA) is 55.6 Å². The summed E-state index contributed by atoms with van der Waals surface area (Å²) in [5.41, 5.74) is 0. The average Bonchev–Trinajstić information content (AvgIpc) is 2.55. The Balaban J connectivity index is 1.56. The van der Waals surface area contributed by atoms with Crippen LogP contribution in [0.2, 0.25) is 0 Å². The summed E-state index contributed by atoms with van der Waals surface area (Å²) < 4.78 is 0. The SMILES string of the molecule is Cn1nnc(CNC(C2CCC2)C2CCC2)n1. The molecule has 5 nitrogen and oxygen atoms in total. The monoisotopic (exact) mass is 235 g/mol. The minimum Gasteiger partial charge on any atom is -0.306 e. The van der Waals surface area contributed by atoms with Gasteiger partial charge in [0, 0.05) is 6.04 Å². The second-order valence-corrected chi connectivity index (χ2v) is 5.48. The van der Waals surface area contributed by atoms with E-state index in [4.69, 9.17) is 0 Å². The Labute approximate surface area is 102 Å². The van der Waals surface area contributed by atoms with E-state index in [1.54, 1.807) is 0 Å². The smallest absolute Gasteiger partial charge is 0.188 e. The van der Waals surface area contributed by atoms with Gasteiger partial charge in [0.1, 0.15) is 0 Å². The van der Waals surface area contributed by atoms with Gasteiger partial charge in [0.25, 0.3) is 0 Å². The van der Waals surface area contributed by atoms with Crippen molar-refractivity contribution in [3.63, 3.8) is 0 Å². The fourth-order valence-electron chi connectivity index (χ4n) is 2.92. The number of aromatic nitrogens is 4. The summed E-state index contributed by atoms with van der Waals surface area (Å²) in [4.78, 5) is 1.53. The van der Waals surface area contributed by atoms with Gasteiger partial charge in [0.15, 0.2) is 5.82 Å². The molecule has 0 spiro atoms. The van der Waals surface area contributed by atoms with Crippen molar-refractivity contribution in [2.24, 2.45) is 18.9 Å². The first kappa shape index (κ1) is 11.1. The third-order valence-corrected chi connectivity index (χ3v) is 4.36. The van der Waals surface area contributed by atoms with Crippen LogP contribution in [0, 0.1) is 11.8 Å². The maximum Gasteiger partial charge on any atom is 0.188 e. The number of aryl methyl sites for hydroxylation is 1. The second-order valence-electron chi connectivity index (χ2n) is 5.48. The third-order valence-electron chi connectivity index (χ3n) is 4.36. The van der Waals surface area contributed by atoms with Gasteiger partial charge in [0.2, 0.25) is 0 Å². The normalized spacial score (nSPS) is 21.5. The van der Waals surface area contributed by atoms with Crippen molar-refractivity contribution in [1.82, 2.24) is 25.5 Å². The van der Waals surface area contributed by atoms with Crippen LogP contribution in [0.15, 0.2) is 0 Å². The molecule has 0 radical (unpaired) electrons. The van der Waals surface area contributed by atoms with E-state index in [1.165, 1.54) is 43.3 Å². The van der Waals surface area contributed by atoms with Crippen LogP contribution >= 0.6 is 0 Å². The molecule has 1 aromatic heterocycles. The standard InChI is InChI=1S/C12H21N5/c1-17-15-11(14-16-17)8-13-12(9-4-2-5-9)10-6-3-7-10/h9-10,12-13H,2-8H2,1H3. The minimum absolute atomic E-state index is 0.696. The Bertz CT molecular complexity index is 353. The van der Waals surface area contributed by atoms with Crippen molar-refractivity contribution in [3.05, 3.63) is 5.82 Å². The third kappa shape index (κ3) is 2.34. The molecule has 3 rings (SSSR count). The molecule has 2 fully saturated rings. The summed E-state index contributed by atoms with van der Waals surface area (Å²) >= 11 is 0. The van der Waals surface area contributed by atoms with Crippen LogP contribution in [0.5, 0.6) is 0 Å². The molecule has 2 aliphatic rings. The van der Waals surface area contributed by atoms with Gasteiger partial charge in [0.05, 0.1) is 13.6 Å². The molecule has 0 unspecified atom stereocenters. The van der Waals surface area contributed by atoms with Gasteiger partial charge >= 0.3 is 0 Å². The number of rotatable bonds is 5. The van der Waals surface area contributed by atoms with Gasteiger partial charge in [-0.2, -0.15) is 4.80 Å². The van der Waals surface area contributed by atoms with E-state index in [0.717, 1.165) is 24.2 Å². The predicted molar refractivity (Wildman–Crippen MR) is 64.1 cm³/mol. The average molecular weight is 235 g/mol. The van der Waals surface area contributed by atoms with E-state index in [9.17, 15) is 0 Å². The molecule has 0 atom stereocenters. The number of tetrazole rings is 1. The second kappa shape index (κ2) is 4.72. The lowest BCUT2D eigenvalue weighted by Gasteiger charge is -2.43. The molecule has 0 aliphatic heterocycles. The van der Waals surface area contributed by atoms with E-state index in [-0.39, 0.29) is 0 Å². The highest BCUT2D eigenvalue weighted by molar-refractivity contribution is 4.92. The molecule has 1 N–H and O–H groups in total. The Hall–Kier alpha value is -0.970. The Kier molecular flexibility index (Phi) is 3.09. The molecule has 2 saturated carbocycles. The van der Waals surface area contributed by atoms with Crippen LogP contribution in [-0.4, -0.2) is 26.2 Å². The summed E-state index contributed by atoms with van der Waals surface area (Å²) in [5, 5.41) is 15.8. The largest absolute Gasteiger partial charge is 0.306 e. The summed E-state index contributed by atoms with van der Waals surface area (Å²) in [5.74, 6) is 2.62. The van der Waals surface area contributed by atoms with Crippen molar-refractivity contribution in [2.75, 3.05) is 0 Å². The quantitative estimate of drug-likeness (QED) is 0.835. The highest BCUT2D eigenvalue weighted by Gasteiger charge is 2.35. The van der Waals surface area contributed by atoms with Crippen LogP contribution in [0.4, 0.5) is 0 Å². The van der Waals surface area contributed by atoms with Gasteiger partial charge in [-0.1, -0.05) is 12.8 Å². The zero-order chi connectivity index (χ0) is 11.7. The summed E-state index contributed by atoms with van der Waals surface area (Å²) in [6, 6.07) is 0.696. The number of nitrogens with one attached hydrogen (secondary N) is 1. The van der Waals surface area contributed by atoms with Crippen molar-refractivity contribution < 1.29 is 0 Å². The zero-order valence-corrected chi connectivity index (χ0v) is 10.5. The van der Waals surface area contributed by atoms with Crippen LogP contribution in [0.1, 0.15) is 44.3 Å². The lowest BCUT2D eigenvalue weighted by Crippen LogP contribution is -2.47. The van der Waals surface area contributed by atoms with E-state index >= 15 is 0 Å². The maximum atomic E-state index is 4.22. The van der Waals surface area contributed by atoms with E-state index in [1.807, 2.05) is 7.05 Å². The lowest BCUT2D eigenvalue weighted by atomic mass is 9.68. The zero-order valence-electron chi connectivity index (χ0n) is 10.5. The molecule has 1 heterocycles. The summed E-state index contributed by atoms with van der Waals surface area (Å²) in [6.45, 7) is 0.769. The maximum absolute atomic E-state index is 4.22. The fraction of sp³-hybridized carbons (Fsp3) is 0.917. The summed E-state index contributed by atoms with van der Waals surface area (Å²) in [7, 11) is 1.81. The molecule has 2 aliphatic carbocycles.